The second-order valence-corrected chi connectivity index (χ2v) is 7.34. The van der Waals surface area contributed by atoms with E-state index in [0.29, 0.717) is 17.0 Å². The summed E-state index contributed by atoms with van der Waals surface area (Å²) in [6.45, 7) is 9.01. The number of rotatable bonds is 8. The van der Waals surface area contributed by atoms with Crippen molar-refractivity contribution in [3.05, 3.63) is 34.9 Å². The Morgan fingerprint density at radius 3 is 2.08 bits per heavy atom. The predicted molar refractivity (Wildman–Crippen MR) is 101 cm³/mol. The van der Waals surface area contributed by atoms with Gasteiger partial charge in [0.05, 0.1) is 0 Å². The summed E-state index contributed by atoms with van der Waals surface area (Å²) in [6, 6.07) is 5.46. The van der Waals surface area contributed by atoms with Crippen molar-refractivity contribution in [2.75, 3.05) is 0 Å². The second kappa shape index (κ2) is 10.2. The molecule has 0 aliphatic rings. The molecule has 0 heterocycles. The number of ether oxygens (including phenoxy) is 1. The summed E-state index contributed by atoms with van der Waals surface area (Å²) < 4.78 is 5.25. The number of carbonyl (C=O) groups is 3. The van der Waals surface area contributed by atoms with Gasteiger partial charge in [-0.1, -0.05) is 25.4 Å². The molecule has 2 unspecified atom stereocenters. The summed E-state index contributed by atoms with van der Waals surface area (Å²) in [6.07, 6.45) is -0.538. The molecule has 2 atom stereocenters. The first-order valence-electron chi connectivity index (χ1n) is 8.67. The maximum absolute atomic E-state index is 12.5. The van der Waals surface area contributed by atoms with E-state index in [1.165, 1.54) is 6.92 Å². The van der Waals surface area contributed by atoms with Gasteiger partial charge in [-0.15, -0.1) is 0 Å². The van der Waals surface area contributed by atoms with E-state index in [0.717, 1.165) is 0 Å². The number of benzene rings is 1. The third-order valence-electron chi connectivity index (χ3n) is 3.50. The highest BCUT2D eigenvalue weighted by atomic mass is 35.5. The van der Waals surface area contributed by atoms with Gasteiger partial charge in [-0.25, -0.2) is 4.79 Å². The van der Waals surface area contributed by atoms with E-state index in [9.17, 15) is 14.4 Å². The van der Waals surface area contributed by atoms with E-state index in [-0.39, 0.29) is 17.9 Å². The average molecular weight is 383 g/mol. The number of esters is 1. The van der Waals surface area contributed by atoms with Crippen LogP contribution in [0.25, 0.3) is 0 Å². The van der Waals surface area contributed by atoms with E-state index >= 15 is 0 Å². The molecule has 0 aromatic heterocycles. The van der Waals surface area contributed by atoms with Crippen LogP contribution in [-0.4, -0.2) is 36.0 Å². The Labute approximate surface area is 159 Å². The lowest BCUT2D eigenvalue weighted by atomic mass is 10.0. The maximum Gasteiger partial charge on any atom is 0.329 e. The summed E-state index contributed by atoms with van der Waals surface area (Å²) in [5.74, 6) is -1.26. The standard InChI is InChI=1S/C19H27ClN2O4/c1-11(2)10-16(19(25)26-13(5)17(23)21-12(3)4)22-18(24)14-6-8-15(20)9-7-14/h6-9,11-13,16H,10H2,1-5H3,(H,21,23)(H,22,24). The first-order chi connectivity index (χ1) is 12.1. The minimum atomic E-state index is -0.938. The van der Waals surface area contributed by atoms with Crippen molar-refractivity contribution in [1.82, 2.24) is 10.6 Å². The highest BCUT2D eigenvalue weighted by Gasteiger charge is 2.27. The number of carbonyl (C=O) groups excluding carboxylic acids is 3. The number of hydrogen-bond acceptors (Lipinski definition) is 4. The number of halogens is 1. The molecule has 6 nitrogen and oxygen atoms in total. The highest BCUT2D eigenvalue weighted by Crippen LogP contribution is 2.12. The normalized spacial score (nSPS) is 13.2. The maximum atomic E-state index is 12.5. The zero-order valence-corrected chi connectivity index (χ0v) is 16.6. The zero-order chi connectivity index (χ0) is 19.9. The van der Waals surface area contributed by atoms with Crippen molar-refractivity contribution in [2.45, 2.75) is 59.2 Å². The Bertz CT molecular complexity index is 629. The summed E-state index contributed by atoms with van der Waals surface area (Å²) in [7, 11) is 0. The molecule has 0 spiro atoms. The molecule has 0 aliphatic heterocycles. The Balaban J connectivity index is 2.78. The SMILES string of the molecule is CC(C)CC(NC(=O)c1ccc(Cl)cc1)C(=O)OC(C)C(=O)NC(C)C. The van der Waals surface area contributed by atoms with Crippen LogP contribution in [0.15, 0.2) is 24.3 Å². The largest absolute Gasteiger partial charge is 0.451 e. The lowest BCUT2D eigenvalue weighted by Gasteiger charge is -2.22. The number of nitrogens with one attached hydrogen (secondary N) is 2. The first kappa shape index (κ1) is 22.0. The van der Waals surface area contributed by atoms with Crippen LogP contribution in [0.4, 0.5) is 0 Å². The molecule has 0 bridgehead atoms. The monoisotopic (exact) mass is 382 g/mol. The third-order valence-corrected chi connectivity index (χ3v) is 3.75. The van der Waals surface area contributed by atoms with Gasteiger partial charge in [0.1, 0.15) is 6.04 Å². The predicted octanol–water partition coefficient (Wildman–Crippen LogP) is 2.94. The topological polar surface area (TPSA) is 84.5 Å². The summed E-state index contributed by atoms with van der Waals surface area (Å²) in [5.41, 5.74) is 0.390. The van der Waals surface area contributed by atoms with E-state index in [1.807, 2.05) is 27.7 Å². The summed E-state index contributed by atoms with van der Waals surface area (Å²) in [5, 5.41) is 5.88. The van der Waals surface area contributed by atoms with Gasteiger partial charge in [0.15, 0.2) is 6.10 Å². The van der Waals surface area contributed by atoms with Crippen LogP contribution < -0.4 is 10.6 Å². The van der Waals surface area contributed by atoms with Crippen LogP contribution in [0.1, 0.15) is 51.4 Å². The zero-order valence-electron chi connectivity index (χ0n) is 15.8. The molecule has 0 radical (unpaired) electrons. The average Bonchev–Trinajstić information content (AvgIpc) is 2.53. The molecule has 144 valence electrons. The van der Waals surface area contributed by atoms with Gasteiger partial charge in [0.2, 0.25) is 0 Å². The van der Waals surface area contributed by atoms with Crippen molar-refractivity contribution in [2.24, 2.45) is 5.92 Å². The summed E-state index contributed by atoms with van der Waals surface area (Å²) >= 11 is 5.82. The van der Waals surface area contributed by atoms with Crippen LogP contribution in [0.2, 0.25) is 5.02 Å². The van der Waals surface area contributed by atoms with Crippen LogP contribution in [-0.2, 0) is 14.3 Å². The fourth-order valence-electron chi connectivity index (χ4n) is 2.24. The van der Waals surface area contributed by atoms with Crippen LogP contribution in [0.3, 0.4) is 0 Å². The van der Waals surface area contributed by atoms with Gasteiger partial charge < -0.3 is 15.4 Å². The molecular weight excluding hydrogens is 356 g/mol. The molecule has 0 saturated carbocycles. The second-order valence-electron chi connectivity index (χ2n) is 6.90. The minimum absolute atomic E-state index is 0.0558. The van der Waals surface area contributed by atoms with Gasteiger partial charge in [0, 0.05) is 16.6 Å². The van der Waals surface area contributed by atoms with Crippen molar-refractivity contribution in [3.8, 4) is 0 Å². The van der Waals surface area contributed by atoms with Gasteiger partial charge in [-0.2, -0.15) is 0 Å². The van der Waals surface area contributed by atoms with Crippen LogP contribution in [0, 0.1) is 5.92 Å². The third kappa shape index (κ3) is 7.44. The molecule has 26 heavy (non-hydrogen) atoms. The highest BCUT2D eigenvalue weighted by molar-refractivity contribution is 6.30. The van der Waals surface area contributed by atoms with Crippen molar-refractivity contribution in [1.29, 1.82) is 0 Å². The molecule has 1 aromatic rings. The molecule has 0 fully saturated rings. The van der Waals surface area contributed by atoms with Gasteiger partial charge in [-0.05, 0) is 57.4 Å². The van der Waals surface area contributed by atoms with E-state index in [1.54, 1.807) is 24.3 Å². The Hall–Kier alpha value is -2.08. The Morgan fingerprint density at radius 1 is 1.00 bits per heavy atom. The molecule has 7 heteroatoms. The van der Waals surface area contributed by atoms with Crippen molar-refractivity contribution in [3.63, 3.8) is 0 Å². The van der Waals surface area contributed by atoms with E-state index in [2.05, 4.69) is 10.6 Å². The molecule has 1 aromatic carbocycles. The molecule has 0 aliphatic carbocycles. The van der Waals surface area contributed by atoms with Crippen LogP contribution in [0.5, 0.6) is 0 Å². The van der Waals surface area contributed by atoms with Gasteiger partial charge >= 0.3 is 5.97 Å². The number of hydrogen-bond donors (Lipinski definition) is 2. The fourth-order valence-corrected chi connectivity index (χ4v) is 2.37. The lowest BCUT2D eigenvalue weighted by molar-refractivity contribution is -0.157. The fraction of sp³-hybridized carbons (Fsp3) is 0.526. The summed E-state index contributed by atoms with van der Waals surface area (Å²) in [4.78, 5) is 36.8. The molecule has 2 N–H and O–H groups in total. The van der Waals surface area contributed by atoms with Crippen LogP contribution >= 0.6 is 11.6 Å². The number of amides is 2. The van der Waals surface area contributed by atoms with Crippen molar-refractivity contribution >= 4 is 29.4 Å². The minimum Gasteiger partial charge on any atom is -0.451 e. The first-order valence-corrected chi connectivity index (χ1v) is 9.05. The van der Waals surface area contributed by atoms with Gasteiger partial charge in [-0.3, -0.25) is 9.59 Å². The Kier molecular flexibility index (Phi) is 8.58. The molecule has 1 rings (SSSR count). The molecule has 0 saturated heterocycles. The molecule has 2 amide bonds. The van der Waals surface area contributed by atoms with Crippen molar-refractivity contribution < 1.29 is 19.1 Å². The van der Waals surface area contributed by atoms with E-state index < -0.39 is 24.0 Å². The lowest BCUT2D eigenvalue weighted by Crippen LogP contribution is -2.46. The Morgan fingerprint density at radius 2 is 1.58 bits per heavy atom. The molecular formula is C19H27ClN2O4. The smallest absolute Gasteiger partial charge is 0.329 e. The van der Waals surface area contributed by atoms with E-state index in [4.69, 9.17) is 16.3 Å². The quantitative estimate of drug-likeness (QED) is 0.677. The van der Waals surface area contributed by atoms with Gasteiger partial charge in [0.25, 0.3) is 11.8 Å².